The van der Waals surface area contributed by atoms with Gasteiger partial charge in [0.15, 0.2) is 11.5 Å². The maximum absolute atomic E-state index is 13.5. The molecular weight excluding hydrogens is 486 g/mol. The number of aromatic nitrogens is 1. The monoisotopic (exact) mass is 513 g/mol. The lowest BCUT2D eigenvalue weighted by molar-refractivity contribution is -0.140. The van der Waals surface area contributed by atoms with Crippen LogP contribution in [-0.4, -0.2) is 47.5 Å². The first-order valence-corrected chi connectivity index (χ1v) is 13.6. The largest absolute Gasteiger partial charge is 0.493 e. The summed E-state index contributed by atoms with van der Waals surface area (Å²) in [7, 11) is 3.12. The molecule has 4 aliphatic rings. The van der Waals surface area contributed by atoms with Gasteiger partial charge in [-0.1, -0.05) is 25.2 Å². The lowest BCUT2D eigenvalue weighted by Gasteiger charge is -2.48. The number of carbonyl (C=O) groups is 2. The van der Waals surface area contributed by atoms with Gasteiger partial charge in [-0.15, -0.1) is 11.8 Å². The number of thioether (sulfide) groups is 1. The van der Waals surface area contributed by atoms with Crippen LogP contribution < -0.4 is 14.3 Å². The Morgan fingerprint density at radius 2 is 1.86 bits per heavy atom. The summed E-state index contributed by atoms with van der Waals surface area (Å²) in [5.74, 6) is 0.570. The number of carbonyl (C=O) groups excluding carboxylic acids is 2. The van der Waals surface area contributed by atoms with Crippen molar-refractivity contribution in [2.75, 3.05) is 14.2 Å². The minimum absolute atomic E-state index is 0.0301. The van der Waals surface area contributed by atoms with Crippen LogP contribution in [0.1, 0.15) is 37.1 Å². The molecule has 10 heteroatoms. The van der Waals surface area contributed by atoms with E-state index in [0.29, 0.717) is 17.1 Å². The van der Waals surface area contributed by atoms with Gasteiger partial charge in [-0.2, -0.15) is 10.1 Å². The van der Waals surface area contributed by atoms with E-state index < -0.39 is 0 Å². The van der Waals surface area contributed by atoms with Crippen LogP contribution in [0.5, 0.6) is 11.5 Å². The van der Waals surface area contributed by atoms with Gasteiger partial charge in [0.1, 0.15) is 0 Å². The summed E-state index contributed by atoms with van der Waals surface area (Å²) in [6.07, 6.45) is 3.30. The zero-order valence-electron chi connectivity index (χ0n) is 19.9. The number of H-pyrrole nitrogens is 1. The van der Waals surface area contributed by atoms with Crippen LogP contribution in [0.3, 0.4) is 0 Å². The number of hydrazone groups is 1. The Balaban J connectivity index is 1.31. The molecule has 6 rings (SSSR count). The molecule has 1 aromatic heterocycles. The topological polar surface area (TPSA) is 101 Å². The Morgan fingerprint density at radius 3 is 2.54 bits per heavy atom. The quantitative estimate of drug-likeness (QED) is 0.485. The third-order valence-corrected chi connectivity index (χ3v) is 11.4. The van der Waals surface area contributed by atoms with E-state index in [2.05, 4.69) is 23.9 Å². The molecule has 7 atom stereocenters. The number of nitrogens with one attached hydrogen (secondary N) is 1. The molecular formula is C25H27N3O5S2. The molecule has 2 amide bonds. The average molecular weight is 514 g/mol. The first kappa shape index (κ1) is 22.8. The number of fused-ring (bicyclic) bond motifs is 9. The summed E-state index contributed by atoms with van der Waals surface area (Å²) in [5.41, 5.74) is 0.526. The summed E-state index contributed by atoms with van der Waals surface area (Å²) in [6.45, 7) is 4.39. The highest BCUT2D eigenvalue weighted by molar-refractivity contribution is 8.00. The standard InChI is InChI=1S/C25H27N3O5S2/c1-5-25(2)18-12-9-13(19(18)34-21-20(25)35-24(31)27-21)17-16(12)22(29)28(23(17)30)26-10-11-6-7-14(32-3)15(8-11)33-4/h6-8,10,12-13,16-19H,5,9H2,1-4H3,(H,27,31)/b26-10-/t12-,13-,16-,17+,18-,19-,25-/m0/s1. The van der Waals surface area contributed by atoms with Crippen molar-refractivity contribution in [3.63, 3.8) is 0 Å². The molecule has 3 heterocycles. The Labute approximate surface area is 211 Å². The van der Waals surface area contributed by atoms with Gasteiger partial charge in [0, 0.05) is 15.5 Å². The second-order valence-corrected chi connectivity index (χ2v) is 12.2. The number of nitrogens with zero attached hydrogens (tertiary/aromatic N) is 2. The highest BCUT2D eigenvalue weighted by atomic mass is 32.2. The lowest BCUT2D eigenvalue weighted by atomic mass is 9.62. The van der Waals surface area contributed by atoms with Gasteiger partial charge in [0.05, 0.1) is 37.3 Å². The molecule has 8 nitrogen and oxygen atoms in total. The van der Waals surface area contributed by atoms with E-state index in [1.54, 1.807) is 44.2 Å². The summed E-state index contributed by atoms with van der Waals surface area (Å²) >= 11 is 3.01. The maximum atomic E-state index is 13.5. The number of aromatic amines is 1. The van der Waals surface area contributed by atoms with Gasteiger partial charge < -0.3 is 14.5 Å². The van der Waals surface area contributed by atoms with Crippen LogP contribution in [0.25, 0.3) is 0 Å². The number of methoxy groups -OCH3 is 2. The molecule has 0 unspecified atom stereocenters. The molecule has 1 aromatic carbocycles. The fourth-order valence-electron chi connectivity index (χ4n) is 7.05. The Bertz CT molecular complexity index is 1320. The van der Waals surface area contributed by atoms with Gasteiger partial charge in [0.2, 0.25) is 0 Å². The summed E-state index contributed by atoms with van der Waals surface area (Å²) in [4.78, 5) is 43.3. The van der Waals surface area contributed by atoms with E-state index in [9.17, 15) is 14.4 Å². The fourth-order valence-corrected chi connectivity index (χ4v) is 10.2. The van der Waals surface area contributed by atoms with Crippen LogP contribution in [0.2, 0.25) is 0 Å². The Morgan fingerprint density at radius 1 is 1.14 bits per heavy atom. The molecule has 184 valence electrons. The molecule has 2 aliphatic heterocycles. The zero-order valence-corrected chi connectivity index (χ0v) is 21.6. The minimum Gasteiger partial charge on any atom is -0.493 e. The third kappa shape index (κ3) is 3.05. The number of thiazole rings is 1. The van der Waals surface area contributed by atoms with E-state index in [1.165, 1.54) is 17.6 Å². The Kier molecular flexibility index (Phi) is 5.20. The van der Waals surface area contributed by atoms with Gasteiger partial charge in [-0.05, 0) is 54.4 Å². The smallest absolute Gasteiger partial charge is 0.305 e. The SMILES string of the molecule is CC[C@]1(C)c2sc(=O)[nH]c2S[C@H]2[C@H]3C[C@@H]([C@@H]4C(=O)N(/N=C\c5ccc(OC)c(OC)c5)C(=O)[C@H]34)[C@@H]21. The van der Waals surface area contributed by atoms with Gasteiger partial charge in [-0.25, -0.2) is 0 Å². The number of benzene rings is 1. The number of rotatable bonds is 5. The lowest BCUT2D eigenvalue weighted by Crippen LogP contribution is -2.49. The fraction of sp³-hybridized carbons (Fsp3) is 0.520. The predicted octanol–water partition coefficient (Wildman–Crippen LogP) is 3.50. The predicted molar refractivity (Wildman–Crippen MR) is 133 cm³/mol. The number of amides is 2. The number of ether oxygens (including phenoxy) is 2. The van der Waals surface area contributed by atoms with Crippen LogP contribution in [0.15, 0.2) is 33.1 Å². The molecule has 2 aliphatic carbocycles. The van der Waals surface area contributed by atoms with Crippen molar-refractivity contribution in [2.24, 2.45) is 34.7 Å². The molecule has 1 N–H and O–H groups in total. The summed E-state index contributed by atoms with van der Waals surface area (Å²) in [5, 5.41) is 6.60. The maximum Gasteiger partial charge on any atom is 0.305 e. The van der Waals surface area contributed by atoms with Gasteiger partial charge >= 0.3 is 4.87 Å². The molecule has 0 radical (unpaired) electrons. The number of hydrogen-bond donors (Lipinski definition) is 1. The van der Waals surface area contributed by atoms with E-state index in [4.69, 9.17) is 9.47 Å². The number of imide groups is 1. The summed E-state index contributed by atoms with van der Waals surface area (Å²) < 4.78 is 10.6. The van der Waals surface area contributed by atoms with E-state index in [0.717, 1.165) is 27.8 Å². The van der Waals surface area contributed by atoms with Crippen LogP contribution in [-0.2, 0) is 15.0 Å². The van der Waals surface area contributed by atoms with Crippen molar-refractivity contribution in [3.05, 3.63) is 38.3 Å². The molecule has 35 heavy (non-hydrogen) atoms. The molecule has 2 bridgehead atoms. The minimum atomic E-state index is -0.336. The van der Waals surface area contributed by atoms with E-state index in [1.807, 2.05) is 0 Å². The molecule has 0 spiro atoms. The van der Waals surface area contributed by atoms with Crippen molar-refractivity contribution in [3.8, 4) is 11.5 Å². The summed E-state index contributed by atoms with van der Waals surface area (Å²) in [6, 6.07) is 5.33. The molecule has 1 saturated heterocycles. The first-order valence-electron chi connectivity index (χ1n) is 11.9. The van der Waals surface area contributed by atoms with E-state index >= 15 is 0 Å². The third-order valence-electron chi connectivity index (χ3n) is 8.67. The zero-order chi connectivity index (χ0) is 24.6. The van der Waals surface area contributed by atoms with Crippen LogP contribution in [0, 0.1) is 29.6 Å². The highest BCUT2D eigenvalue weighted by Crippen LogP contribution is 2.69. The van der Waals surface area contributed by atoms with E-state index in [-0.39, 0.29) is 56.9 Å². The van der Waals surface area contributed by atoms with Crippen LogP contribution >= 0.6 is 23.1 Å². The van der Waals surface area contributed by atoms with Crippen molar-refractivity contribution in [2.45, 2.75) is 42.4 Å². The highest BCUT2D eigenvalue weighted by Gasteiger charge is 2.71. The van der Waals surface area contributed by atoms with Crippen molar-refractivity contribution < 1.29 is 19.1 Å². The Hall–Kier alpha value is -2.59. The average Bonchev–Trinajstić information content (AvgIpc) is 3.59. The van der Waals surface area contributed by atoms with Gasteiger partial charge in [-0.3, -0.25) is 14.4 Å². The second kappa shape index (κ2) is 7.96. The molecule has 2 aromatic rings. The van der Waals surface area contributed by atoms with Crippen molar-refractivity contribution in [1.82, 2.24) is 9.99 Å². The number of hydrogen-bond acceptors (Lipinski definition) is 8. The van der Waals surface area contributed by atoms with Crippen LogP contribution in [0.4, 0.5) is 0 Å². The second-order valence-electron chi connectivity index (χ2n) is 10.0. The molecule has 3 fully saturated rings. The van der Waals surface area contributed by atoms with Crippen molar-refractivity contribution in [1.29, 1.82) is 0 Å². The van der Waals surface area contributed by atoms with Gasteiger partial charge in [0.25, 0.3) is 11.8 Å². The normalized spacial score (nSPS) is 34.9. The first-order chi connectivity index (χ1) is 16.8. The van der Waals surface area contributed by atoms with Crippen molar-refractivity contribution >= 4 is 41.1 Å². The molecule has 2 saturated carbocycles.